The van der Waals surface area contributed by atoms with E-state index in [4.69, 9.17) is 14.9 Å². The van der Waals surface area contributed by atoms with Crippen LogP contribution in [0.25, 0.3) is 0 Å². The maximum atomic E-state index is 10.9. The first-order chi connectivity index (χ1) is 7.54. The highest BCUT2D eigenvalue weighted by Crippen LogP contribution is 2.22. The van der Waals surface area contributed by atoms with Crippen LogP contribution in [0.1, 0.15) is 17.9 Å². The van der Waals surface area contributed by atoms with Crippen molar-refractivity contribution in [3.8, 4) is 5.75 Å². The van der Waals surface area contributed by atoms with E-state index in [1.54, 1.807) is 24.3 Å². The van der Waals surface area contributed by atoms with E-state index in [1.165, 1.54) is 7.11 Å². The van der Waals surface area contributed by atoms with Crippen LogP contribution in [-0.2, 0) is 9.59 Å². The number of aliphatic carboxylic acids is 2. The predicted molar refractivity (Wildman–Crippen MR) is 55.6 cm³/mol. The Balaban J connectivity index is 2.92. The van der Waals surface area contributed by atoms with Gasteiger partial charge in [0.25, 0.3) is 0 Å². The second-order valence-corrected chi connectivity index (χ2v) is 3.26. The maximum Gasteiger partial charge on any atom is 0.311 e. The number of ether oxygens (including phenoxy) is 1. The number of rotatable bonds is 5. The highest BCUT2D eigenvalue weighted by Gasteiger charge is 2.22. The van der Waals surface area contributed by atoms with Gasteiger partial charge in [-0.2, -0.15) is 0 Å². The molecule has 0 radical (unpaired) electrons. The van der Waals surface area contributed by atoms with Gasteiger partial charge in [0, 0.05) is 0 Å². The zero-order valence-corrected chi connectivity index (χ0v) is 8.71. The van der Waals surface area contributed by atoms with Crippen LogP contribution in [0.15, 0.2) is 24.3 Å². The third-order valence-electron chi connectivity index (χ3n) is 2.20. The summed E-state index contributed by atoms with van der Waals surface area (Å²) in [6, 6.07) is 6.32. The van der Waals surface area contributed by atoms with E-state index < -0.39 is 24.3 Å². The van der Waals surface area contributed by atoms with Gasteiger partial charge in [-0.25, -0.2) is 0 Å². The Bertz CT molecular complexity index is 382. The summed E-state index contributed by atoms with van der Waals surface area (Å²) < 4.78 is 4.93. The molecular weight excluding hydrogens is 212 g/mol. The molecular formula is C11H12O5. The van der Waals surface area contributed by atoms with Crippen molar-refractivity contribution in [3.63, 3.8) is 0 Å². The molecule has 1 aromatic rings. The lowest BCUT2D eigenvalue weighted by Gasteiger charge is -2.10. The zero-order chi connectivity index (χ0) is 12.1. The second kappa shape index (κ2) is 5.16. The number of hydrogen-bond donors (Lipinski definition) is 2. The summed E-state index contributed by atoms with van der Waals surface area (Å²) >= 11 is 0. The van der Waals surface area contributed by atoms with Gasteiger partial charge < -0.3 is 14.9 Å². The number of hydrogen-bond acceptors (Lipinski definition) is 3. The lowest BCUT2D eigenvalue weighted by molar-refractivity contribution is -0.145. The Kier molecular flexibility index (Phi) is 3.88. The highest BCUT2D eigenvalue weighted by atomic mass is 16.5. The number of carboxylic acid groups (broad SMARTS) is 2. The van der Waals surface area contributed by atoms with Gasteiger partial charge in [-0.3, -0.25) is 9.59 Å². The van der Waals surface area contributed by atoms with Crippen LogP contribution < -0.4 is 4.74 Å². The van der Waals surface area contributed by atoms with Gasteiger partial charge in [0.2, 0.25) is 0 Å². The van der Waals surface area contributed by atoms with Crippen molar-refractivity contribution in [3.05, 3.63) is 29.8 Å². The fourth-order valence-electron chi connectivity index (χ4n) is 1.36. The third-order valence-corrected chi connectivity index (χ3v) is 2.20. The van der Waals surface area contributed by atoms with Gasteiger partial charge in [0.1, 0.15) is 5.75 Å². The molecule has 0 aliphatic carbocycles. The minimum Gasteiger partial charge on any atom is -0.497 e. The van der Waals surface area contributed by atoms with Crippen molar-refractivity contribution in [2.75, 3.05) is 7.11 Å². The molecule has 1 rings (SSSR count). The zero-order valence-electron chi connectivity index (χ0n) is 8.71. The molecule has 0 amide bonds. The van der Waals surface area contributed by atoms with Crippen molar-refractivity contribution in [1.82, 2.24) is 0 Å². The minimum absolute atomic E-state index is 0.429. The summed E-state index contributed by atoms with van der Waals surface area (Å²) in [6.45, 7) is 0. The van der Waals surface area contributed by atoms with Crippen LogP contribution in [0, 0.1) is 0 Å². The molecule has 2 N–H and O–H groups in total. The lowest BCUT2D eigenvalue weighted by atomic mass is 9.96. The molecule has 0 bridgehead atoms. The molecule has 0 aromatic heterocycles. The van der Waals surface area contributed by atoms with Gasteiger partial charge in [-0.1, -0.05) is 12.1 Å². The van der Waals surface area contributed by atoms with E-state index in [0.29, 0.717) is 11.3 Å². The quantitative estimate of drug-likeness (QED) is 0.788. The summed E-state index contributed by atoms with van der Waals surface area (Å²) in [4.78, 5) is 21.4. The Morgan fingerprint density at radius 3 is 2.19 bits per heavy atom. The first kappa shape index (κ1) is 12.0. The van der Waals surface area contributed by atoms with Crippen LogP contribution in [0.2, 0.25) is 0 Å². The van der Waals surface area contributed by atoms with Gasteiger partial charge in [-0.05, 0) is 17.7 Å². The fourth-order valence-corrected chi connectivity index (χ4v) is 1.36. The van der Waals surface area contributed by atoms with Crippen molar-refractivity contribution >= 4 is 11.9 Å². The standard InChI is InChI=1S/C11H12O5/c1-16-8-4-2-7(3-5-8)9(11(14)15)6-10(12)13/h2-5,9H,6H2,1H3,(H,12,13)(H,14,15)/t9-/m1/s1. The van der Waals surface area contributed by atoms with Crippen LogP contribution >= 0.6 is 0 Å². The van der Waals surface area contributed by atoms with Crippen molar-refractivity contribution in [1.29, 1.82) is 0 Å². The van der Waals surface area contributed by atoms with Crippen LogP contribution in [0.3, 0.4) is 0 Å². The number of methoxy groups -OCH3 is 1. The summed E-state index contributed by atoms with van der Waals surface area (Å²) in [7, 11) is 1.50. The van der Waals surface area contributed by atoms with Gasteiger partial charge in [0.05, 0.1) is 19.4 Å². The van der Waals surface area contributed by atoms with Crippen LogP contribution in [-0.4, -0.2) is 29.3 Å². The van der Waals surface area contributed by atoms with Crippen molar-refractivity contribution < 1.29 is 24.5 Å². The lowest BCUT2D eigenvalue weighted by Crippen LogP contribution is -2.15. The molecule has 0 spiro atoms. The molecule has 0 fully saturated rings. The molecule has 1 atom stereocenters. The molecule has 16 heavy (non-hydrogen) atoms. The normalized spacial score (nSPS) is 11.8. The van der Waals surface area contributed by atoms with E-state index >= 15 is 0 Å². The highest BCUT2D eigenvalue weighted by molar-refractivity contribution is 5.82. The van der Waals surface area contributed by atoms with Gasteiger partial charge in [-0.15, -0.1) is 0 Å². The SMILES string of the molecule is COc1ccc([C@@H](CC(=O)O)C(=O)O)cc1. The molecule has 5 heteroatoms. The largest absolute Gasteiger partial charge is 0.497 e. The van der Waals surface area contributed by atoms with E-state index in [2.05, 4.69) is 0 Å². The van der Waals surface area contributed by atoms with Crippen LogP contribution in [0.4, 0.5) is 0 Å². The Hall–Kier alpha value is -2.04. The maximum absolute atomic E-state index is 10.9. The Morgan fingerprint density at radius 1 is 1.25 bits per heavy atom. The van der Waals surface area contributed by atoms with Gasteiger partial charge in [0.15, 0.2) is 0 Å². The van der Waals surface area contributed by atoms with Gasteiger partial charge >= 0.3 is 11.9 Å². The molecule has 0 aliphatic rings. The molecule has 0 saturated carbocycles. The second-order valence-electron chi connectivity index (χ2n) is 3.26. The number of benzene rings is 1. The monoisotopic (exact) mass is 224 g/mol. The predicted octanol–water partition coefficient (Wildman–Crippen LogP) is 1.34. The van der Waals surface area contributed by atoms with E-state index in [1.807, 2.05) is 0 Å². The number of carbonyl (C=O) groups is 2. The van der Waals surface area contributed by atoms with Crippen molar-refractivity contribution in [2.45, 2.75) is 12.3 Å². The Morgan fingerprint density at radius 2 is 1.81 bits per heavy atom. The average Bonchev–Trinajstić information content (AvgIpc) is 2.25. The summed E-state index contributed by atoms with van der Waals surface area (Å²) in [6.07, 6.45) is -0.429. The smallest absolute Gasteiger partial charge is 0.311 e. The average molecular weight is 224 g/mol. The van der Waals surface area contributed by atoms with E-state index in [0.717, 1.165) is 0 Å². The van der Waals surface area contributed by atoms with E-state index in [-0.39, 0.29) is 0 Å². The molecule has 5 nitrogen and oxygen atoms in total. The number of carboxylic acids is 2. The van der Waals surface area contributed by atoms with Crippen molar-refractivity contribution in [2.24, 2.45) is 0 Å². The molecule has 1 aromatic carbocycles. The van der Waals surface area contributed by atoms with E-state index in [9.17, 15) is 9.59 Å². The Labute approximate surface area is 92.3 Å². The molecule has 0 heterocycles. The topological polar surface area (TPSA) is 83.8 Å². The fraction of sp³-hybridized carbons (Fsp3) is 0.273. The molecule has 86 valence electrons. The molecule has 0 aliphatic heterocycles. The minimum atomic E-state index is -1.15. The van der Waals surface area contributed by atoms with Crippen LogP contribution in [0.5, 0.6) is 5.75 Å². The first-order valence-corrected chi connectivity index (χ1v) is 4.63. The molecule has 0 unspecified atom stereocenters. The summed E-state index contributed by atoms with van der Waals surface area (Å²) in [5.74, 6) is -2.71. The third kappa shape index (κ3) is 2.98. The first-order valence-electron chi connectivity index (χ1n) is 4.63. The summed E-state index contributed by atoms with van der Waals surface area (Å²) in [5, 5.41) is 17.5. The molecule has 0 saturated heterocycles. The summed E-state index contributed by atoms with van der Waals surface area (Å²) in [5.41, 5.74) is 0.454.